The predicted octanol–water partition coefficient (Wildman–Crippen LogP) is 7.64. The first-order chi connectivity index (χ1) is 26.7. The molecule has 2 aliphatic heterocycles. The van der Waals surface area contributed by atoms with Gasteiger partial charge < -0.3 is 34.1 Å². The molecule has 56 heavy (non-hydrogen) atoms. The van der Waals surface area contributed by atoms with E-state index in [9.17, 15) is 22.8 Å². The SMILES string of the molecule is CC(C)(C)OC(=O)N1CCCOc2cccc(c2)CNc2nc(nc(OCC(F)(F)F)n2)Cc2ccc(C(=O)CCC3(CN4CCCC4)CC3)c(c2)OCCC1. The summed E-state index contributed by atoms with van der Waals surface area (Å²) in [6.07, 6.45) is 1.98. The van der Waals surface area contributed by atoms with Crippen molar-refractivity contribution in [2.75, 3.05) is 57.9 Å². The Morgan fingerprint density at radius 1 is 0.893 bits per heavy atom. The van der Waals surface area contributed by atoms with Crippen molar-refractivity contribution in [2.24, 2.45) is 5.41 Å². The molecule has 6 rings (SSSR count). The summed E-state index contributed by atoms with van der Waals surface area (Å²) in [6, 6.07) is 12.2. The van der Waals surface area contributed by atoms with E-state index in [0.717, 1.165) is 44.5 Å². The molecule has 1 aromatic heterocycles. The fraction of sp³-hybridized carbons (Fsp3) is 0.585. The average molecular weight is 783 g/mol. The van der Waals surface area contributed by atoms with Crippen LogP contribution in [0.4, 0.5) is 23.9 Å². The van der Waals surface area contributed by atoms with Gasteiger partial charge in [-0.1, -0.05) is 18.2 Å². The molecule has 1 aliphatic carbocycles. The lowest BCUT2D eigenvalue weighted by Crippen LogP contribution is -2.38. The quantitative estimate of drug-likeness (QED) is 0.227. The molecule has 6 bridgehead atoms. The van der Waals surface area contributed by atoms with Gasteiger partial charge in [0.25, 0.3) is 0 Å². The van der Waals surface area contributed by atoms with E-state index < -0.39 is 30.5 Å². The number of carbonyl (C=O) groups is 2. The topological polar surface area (TPSA) is 128 Å². The van der Waals surface area contributed by atoms with Crippen molar-refractivity contribution >= 4 is 17.8 Å². The Balaban J connectivity index is 1.26. The van der Waals surface area contributed by atoms with Crippen molar-refractivity contribution in [3.63, 3.8) is 0 Å². The van der Waals surface area contributed by atoms with Gasteiger partial charge in [-0.3, -0.25) is 4.79 Å². The number of halogens is 3. The molecule has 1 amide bonds. The van der Waals surface area contributed by atoms with Gasteiger partial charge in [0.2, 0.25) is 5.95 Å². The molecule has 304 valence electrons. The largest absolute Gasteiger partial charge is 0.494 e. The van der Waals surface area contributed by atoms with Gasteiger partial charge in [0.15, 0.2) is 12.4 Å². The van der Waals surface area contributed by atoms with Crippen molar-refractivity contribution in [3.05, 3.63) is 65.0 Å². The molecule has 3 aliphatic rings. The minimum Gasteiger partial charge on any atom is -0.494 e. The molecule has 0 unspecified atom stereocenters. The van der Waals surface area contributed by atoms with Gasteiger partial charge in [0.05, 0.1) is 18.8 Å². The summed E-state index contributed by atoms with van der Waals surface area (Å²) in [4.78, 5) is 44.0. The maximum atomic E-state index is 13.8. The number of fused-ring (bicyclic) bond motifs is 6. The van der Waals surface area contributed by atoms with Crippen LogP contribution in [0.5, 0.6) is 17.5 Å². The highest BCUT2D eigenvalue weighted by molar-refractivity contribution is 5.98. The standard InChI is InChI=1S/C41H53F3N6O6/c1-39(2,3)56-38(52)50-19-7-21-53-31-10-6-9-30(23-31)26-45-36-46-35(47-37(48-36)55-28-41(42,43)44)25-29-11-12-32(34(24-29)54-22-8-20-50)33(51)13-14-40(15-16-40)27-49-17-4-5-18-49/h6,9-12,23-24H,4-5,7-8,13-22,25-28H2,1-3H3,(H,45,46,47,48). The van der Waals surface area contributed by atoms with E-state index in [2.05, 4.69) is 25.2 Å². The average Bonchev–Trinajstić information content (AvgIpc) is 3.71. The summed E-state index contributed by atoms with van der Waals surface area (Å²) in [6.45, 7) is 8.72. The molecule has 2 fully saturated rings. The van der Waals surface area contributed by atoms with Crippen LogP contribution in [0.2, 0.25) is 0 Å². The number of anilines is 1. The number of ketones is 1. The minimum absolute atomic E-state index is 0.0154. The molecule has 3 heterocycles. The summed E-state index contributed by atoms with van der Waals surface area (Å²) in [7, 11) is 0. The molecule has 12 nitrogen and oxygen atoms in total. The Kier molecular flexibility index (Phi) is 13.2. The lowest BCUT2D eigenvalue weighted by Gasteiger charge is -2.27. The lowest BCUT2D eigenvalue weighted by atomic mass is 9.94. The maximum Gasteiger partial charge on any atom is 0.422 e. The molecule has 3 aromatic rings. The van der Waals surface area contributed by atoms with Crippen LogP contribution in [-0.4, -0.2) is 101 Å². The fourth-order valence-electron chi connectivity index (χ4n) is 7.00. The summed E-state index contributed by atoms with van der Waals surface area (Å²) >= 11 is 0. The molecule has 0 spiro atoms. The van der Waals surface area contributed by atoms with E-state index in [1.165, 1.54) is 12.8 Å². The van der Waals surface area contributed by atoms with Gasteiger partial charge in [-0.15, -0.1) is 0 Å². The molecule has 15 heteroatoms. The van der Waals surface area contributed by atoms with Gasteiger partial charge in [0, 0.05) is 39.0 Å². The van der Waals surface area contributed by atoms with E-state index in [-0.39, 0.29) is 42.5 Å². The normalized spacial score (nSPS) is 18.1. The third-order valence-electron chi connectivity index (χ3n) is 10.0. The highest BCUT2D eigenvalue weighted by atomic mass is 19.4. The zero-order chi connectivity index (χ0) is 39.8. The van der Waals surface area contributed by atoms with Gasteiger partial charge in [0.1, 0.15) is 22.9 Å². The second-order valence-electron chi connectivity index (χ2n) is 16.0. The highest BCUT2D eigenvalue weighted by Gasteiger charge is 2.44. The fourth-order valence-corrected chi connectivity index (χ4v) is 7.00. The second kappa shape index (κ2) is 18.1. The molecule has 1 saturated heterocycles. The van der Waals surface area contributed by atoms with E-state index in [4.69, 9.17) is 18.9 Å². The van der Waals surface area contributed by atoms with Gasteiger partial charge >= 0.3 is 18.3 Å². The van der Waals surface area contributed by atoms with Crippen LogP contribution in [-0.2, 0) is 17.7 Å². The number of nitrogens with one attached hydrogen (secondary N) is 1. The van der Waals surface area contributed by atoms with Crippen LogP contribution < -0.4 is 19.5 Å². The van der Waals surface area contributed by atoms with Crippen molar-refractivity contribution < 1.29 is 41.7 Å². The number of ether oxygens (including phenoxy) is 4. The lowest BCUT2D eigenvalue weighted by molar-refractivity contribution is -0.154. The number of amides is 1. The summed E-state index contributed by atoms with van der Waals surface area (Å²) < 4.78 is 62.3. The molecule has 1 N–H and O–H groups in total. The summed E-state index contributed by atoms with van der Waals surface area (Å²) in [5.74, 6) is 1.19. The second-order valence-corrected chi connectivity index (χ2v) is 16.0. The van der Waals surface area contributed by atoms with Crippen LogP contribution in [0, 0.1) is 5.41 Å². The van der Waals surface area contributed by atoms with Crippen molar-refractivity contribution in [2.45, 2.75) is 96.9 Å². The van der Waals surface area contributed by atoms with E-state index >= 15 is 0 Å². The minimum atomic E-state index is -4.59. The van der Waals surface area contributed by atoms with Gasteiger partial charge in [-0.2, -0.15) is 28.1 Å². The number of Topliss-reactive ketones (excluding diaryl/α,β-unsaturated/α-hetero) is 1. The molecule has 0 radical (unpaired) electrons. The third kappa shape index (κ3) is 12.7. The van der Waals surface area contributed by atoms with Crippen LogP contribution in [0.25, 0.3) is 0 Å². The smallest absolute Gasteiger partial charge is 0.422 e. The summed E-state index contributed by atoms with van der Waals surface area (Å²) in [5, 5.41) is 3.07. The number of carbonyl (C=O) groups excluding carboxylic acids is 2. The Bertz CT molecular complexity index is 1810. The summed E-state index contributed by atoms with van der Waals surface area (Å²) in [5.41, 5.74) is 1.46. The Morgan fingerprint density at radius 2 is 1.64 bits per heavy atom. The monoisotopic (exact) mass is 782 g/mol. The molecule has 0 atom stereocenters. The number of benzene rings is 2. The predicted molar refractivity (Wildman–Crippen MR) is 203 cm³/mol. The number of hydrogen-bond donors (Lipinski definition) is 1. The number of aromatic nitrogens is 3. The number of nitrogens with zero attached hydrogens (tertiary/aromatic N) is 5. The molecular weight excluding hydrogens is 729 g/mol. The molecule has 1 saturated carbocycles. The number of hydrogen-bond acceptors (Lipinski definition) is 11. The first-order valence-electron chi connectivity index (χ1n) is 19.6. The zero-order valence-corrected chi connectivity index (χ0v) is 32.6. The van der Waals surface area contributed by atoms with Gasteiger partial charge in [-0.25, -0.2) is 4.79 Å². The Morgan fingerprint density at radius 3 is 2.36 bits per heavy atom. The van der Waals surface area contributed by atoms with Crippen LogP contribution in [0.15, 0.2) is 42.5 Å². The van der Waals surface area contributed by atoms with E-state index in [0.29, 0.717) is 61.6 Å². The van der Waals surface area contributed by atoms with Crippen molar-refractivity contribution in [1.29, 1.82) is 0 Å². The maximum absolute atomic E-state index is 13.8. The van der Waals surface area contributed by atoms with Gasteiger partial charge in [-0.05, 0) is 120 Å². The van der Waals surface area contributed by atoms with E-state index in [1.807, 2.05) is 45.0 Å². The third-order valence-corrected chi connectivity index (χ3v) is 10.0. The van der Waals surface area contributed by atoms with E-state index in [1.54, 1.807) is 23.1 Å². The van der Waals surface area contributed by atoms with Crippen molar-refractivity contribution in [3.8, 4) is 17.5 Å². The zero-order valence-electron chi connectivity index (χ0n) is 32.6. The molecule has 2 aromatic carbocycles. The first kappa shape index (κ1) is 41.0. The number of likely N-dealkylation sites (tertiary alicyclic amines) is 1. The highest BCUT2D eigenvalue weighted by Crippen LogP contribution is 2.51. The van der Waals surface area contributed by atoms with Crippen molar-refractivity contribution in [1.82, 2.24) is 24.8 Å². The van der Waals surface area contributed by atoms with Crippen LogP contribution in [0.3, 0.4) is 0 Å². The van der Waals surface area contributed by atoms with Crippen LogP contribution in [0.1, 0.15) is 99.4 Å². The Hall–Kier alpha value is -4.66. The molecular formula is C41H53F3N6O6. The van der Waals surface area contributed by atoms with Crippen LogP contribution >= 0.6 is 0 Å². The first-order valence-corrected chi connectivity index (χ1v) is 19.6. The Labute approximate surface area is 326 Å². The number of rotatable bonds is 8. The number of alkyl halides is 3.